The van der Waals surface area contributed by atoms with E-state index in [1.807, 2.05) is 65.6 Å². The maximum atomic E-state index is 10.7. The number of rotatable bonds is 6. The van der Waals surface area contributed by atoms with E-state index in [-0.39, 0.29) is 0 Å². The highest BCUT2D eigenvalue weighted by Gasteiger charge is 2.45. The molecule has 1 aliphatic rings. The van der Waals surface area contributed by atoms with Gasteiger partial charge in [0.05, 0.1) is 12.6 Å². The van der Waals surface area contributed by atoms with Crippen LogP contribution in [0.25, 0.3) is 0 Å². The molecule has 2 aromatic carbocycles. The molecule has 6 heteroatoms. The lowest BCUT2D eigenvalue weighted by molar-refractivity contribution is -0.215. The number of aliphatic hydroxyl groups is 3. The summed E-state index contributed by atoms with van der Waals surface area (Å²) in [6, 6.07) is 19.2. The van der Waals surface area contributed by atoms with Crippen molar-refractivity contribution in [1.82, 2.24) is 4.90 Å². The number of hydrogen-bond donors (Lipinski definition) is 4. The van der Waals surface area contributed by atoms with Crippen LogP contribution in [0.15, 0.2) is 60.7 Å². The van der Waals surface area contributed by atoms with Gasteiger partial charge < -0.3 is 25.8 Å². The summed E-state index contributed by atoms with van der Waals surface area (Å²) < 4.78 is 5.56. The lowest BCUT2D eigenvalue weighted by Gasteiger charge is -2.46. The molecule has 0 saturated carbocycles. The van der Waals surface area contributed by atoms with Crippen molar-refractivity contribution in [2.75, 3.05) is 6.61 Å². The molecule has 1 aliphatic heterocycles. The van der Waals surface area contributed by atoms with Gasteiger partial charge >= 0.3 is 0 Å². The number of nitrogens with two attached hydrogens (primary N) is 1. The van der Waals surface area contributed by atoms with Gasteiger partial charge in [0.1, 0.15) is 24.5 Å². The minimum absolute atomic E-state index is 0.393. The molecule has 0 radical (unpaired) electrons. The van der Waals surface area contributed by atoms with Gasteiger partial charge in [0.15, 0.2) is 0 Å². The van der Waals surface area contributed by atoms with Crippen LogP contribution < -0.4 is 5.73 Å². The van der Waals surface area contributed by atoms with Gasteiger partial charge in [-0.05, 0) is 11.1 Å². The summed E-state index contributed by atoms with van der Waals surface area (Å²) in [5.74, 6) is 0. The van der Waals surface area contributed by atoms with Crippen molar-refractivity contribution in [1.29, 1.82) is 0 Å². The van der Waals surface area contributed by atoms with E-state index < -0.39 is 37.2 Å². The summed E-state index contributed by atoms with van der Waals surface area (Å²) in [4.78, 5) is 2.01. The van der Waals surface area contributed by atoms with E-state index in [0.29, 0.717) is 13.1 Å². The zero-order valence-electron chi connectivity index (χ0n) is 14.6. The second-order valence-corrected chi connectivity index (χ2v) is 6.67. The van der Waals surface area contributed by atoms with Crippen LogP contribution in [0.4, 0.5) is 0 Å². The van der Waals surface area contributed by atoms with Gasteiger partial charge in [0, 0.05) is 13.1 Å². The Morgan fingerprint density at radius 1 is 0.846 bits per heavy atom. The van der Waals surface area contributed by atoms with Crippen molar-refractivity contribution in [2.45, 2.75) is 43.7 Å². The molecule has 140 valence electrons. The predicted molar refractivity (Wildman–Crippen MR) is 97.9 cm³/mol. The summed E-state index contributed by atoms with van der Waals surface area (Å²) in [7, 11) is 0. The molecule has 2 aromatic rings. The number of benzene rings is 2. The second kappa shape index (κ2) is 8.73. The van der Waals surface area contributed by atoms with E-state index >= 15 is 0 Å². The third-order valence-electron chi connectivity index (χ3n) is 4.81. The molecule has 0 aliphatic carbocycles. The second-order valence-electron chi connectivity index (χ2n) is 6.67. The monoisotopic (exact) mass is 358 g/mol. The lowest BCUT2D eigenvalue weighted by Crippen LogP contribution is -2.66. The Morgan fingerprint density at radius 2 is 1.35 bits per heavy atom. The summed E-state index contributed by atoms with van der Waals surface area (Å²) in [6.45, 7) is 0.700. The molecular formula is C20H26N2O4. The Morgan fingerprint density at radius 3 is 1.81 bits per heavy atom. The molecule has 3 rings (SSSR count). The van der Waals surface area contributed by atoms with E-state index in [1.54, 1.807) is 0 Å². The SMILES string of the molecule is NC1O[C@H](CO)[C@@H](O)[C@H](O)[C@@H]1N(Cc1ccccc1)Cc1ccccc1. The van der Waals surface area contributed by atoms with Crippen LogP contribution in [0.1, 0.15) is 11.1 Å². The van der Waals surface area contributed by atoms with Crippen LogP contribution in [0, 0.1) is 0 Å². The topological polar surface area (TPSA) is 99.2 Å². The fourth-order valence-electron chi connectivity index (χ4n) is 3.46. The highest BCUT2D eigenvalue weighted by Crippen LogP contribution is 2.26. The number of ether oxygens (including phenoxy) is 1. The molecule has 0 amide bonds. The first-order chi connectivity index (χ1) is 12.6. The largest absolute Gasteiger partial charge is 0.394 e. The van der Waals surface area contributed by atoms with Crippen LogP contribution in [0.2, 0.25) is 0 Å². The van der Waals surface area contributed by atoms with E-state index in [2.05, 4.69) is 0 Å². The molecule has 0 aromatic heterocycles. The fourth-order valence-corrected chi connectivity index (χ4v) is 3.46. The van der Waals surface area contributed by atoms with E-state index in [1.165, 1.54) is 0 Å². The van der Waals surface area contributed by atoms with E-state index in [4.69, 9.17) is 10.5 Å². The van der Waals surface area contributed by atoms with Crippen LogP contribution in [0.5, 0.6) is 0 Å². The average Bonchev–Trinajstić information content (AvgIpc) is 2.66. The third kappa shape index (κ3) is 4.29. The molecule has 1 saturated heterocycles. The first-order valence-electron chi connectivity index (χ1n) is 8.80. The predicted octanol–water partition coefficient (Wildman–Crippen LogP) is 0.455. The molecule has 0 bridgehead atoms. The van der Waals surface area contributed by atoms with Gasteiger partial charge in [-0.1, -0.05) is 60.7 Å². The van der Waals surface area contributed by atoms with Gasteiger partial charge in [-0.15, -0.1) is 0 Å². The van der Waals surface area contributed by atoms with Crippen LogP contribution in [-0.2, 0) is 17.8 Å². The smallest absolute Gasteiger partial charge is 0.124 e. The lowest BCUT2D eigenvalue weighted by atomic mass is 9.94. The molecule has 6 nitrogen and oxygen atoms in total. The van der Waals surface area contributed by atoms with Crippen molar-refractivity contribution in [3.63, 3.8) is 0 Å². The first-order valence-corrected chi connectivity index (χ1v) is 8.80. The van der Waals surface area contributed by atoms with Crippen molar-refractivity contribution in [2.24, 2.45) is 5.73 Å². The molecular weight excluding hydrogens is 332 g/mol. The highest BCUT2D eigenvalue weighted by molar-refractivity contribution is 5.18. The quantitative estimate of drug-likeness (QED) is 0.599. The summed E-state index contributed by atoms with van der Waals surface area (Å²) >= 11 is 0. The van der Waals surface area contributed by atoms with Crippen LogP contribution >= 0.6 is 0 Å². The van der Waals surface area contributed by atoms with Gasteiger partial charge in [0.2, 0.25) is 0 Å². The first kappa shape index (κ1) is 19.0. The van der Waals surface area contributed by atoms with Crippen molar-refractivity contribution in [3.8, 4) is 0 Å². The third-order valence-corrected chi connectivity index (χ3v) is 4.81. The van der Waals surface area contributed by atoms with E-state index in [0.717, 1.165) is 11.1 Å². The average molecular weight is 358 g/mol. The van der Waals surface area contributed by atoms with Crippen molar-refractivity contribution >= 4 is 0 Å². The molecule has 26 heavy (non-hydrogen) atoms. The van der Waals surface area contributed by atoms with Crippen molar-refractivity contribution < 1.29 is 20.1 Å². The van der Waals surface area contributed by atoms with Gasteiger partial charge in [0.25, 0.3) is 0 Å². The molecule has 0 spiro atoms. The van der Waals surface area contributed by atoms with Gasteiger partial charge in [-0.25, -0.2) is 0 Å². The Bertz CT molecular complexity index is 629. The van der Waals surface area contributed by atoms with Crippen LogP contribution in [-0.4, -0.2) is 57.4 Å². The molecule has 1 fully saturated rings. The maximum absolute atomic E-state index is 10.7. The Balaban J connectivity index is 1.86. The normalized spacial score (nSPS) is 29.0. The maximum Gasteiger partial charge on any atom is 0.124 e. The van der Waals surface area contributed by atoms with Crippen molar-refractivity contribution in [3.05, 3.63) is 71.8 Å². The summed E-state index contributed by atoms with van der Waals surface area (Å²) in [5.41, 5.74) is 8.30. The molecule has 1 heterocycles. The minimum atomic E-state index is -1.20. The van der Waals surface area contributed by atoms with Gasteiger partial charge in [-0.3, -0.25) is 4.90 Å². The minimum Gasteiger partial charge on any atom is -0.394 e. The number of hydrogen-bond acceptors (Lipinski definition) is 6. The Kier molecular flexibility index (Phi) is 6.37. The summed E-state index contributed by atoms with van der Waals surface area (Å²) in [5, 5.41) is 30.3. The zero-order valence-corrected chi connectivity index (χ0v) is 14.6. The molecule has 5 atom stereocenters. The zero-order chi connectivity index (χ0) is 18.5. The fraction of sp³-hybridized carbons (Fsp3) is 0.400. The van der Waals surface area contributed by atoms with Crippen LogP contribution in [0.3, 0.4) is 0 Å². The summed E-state index contributed by atoms with van der Waals surface area (Å²) in [6.07, 6.45) is -4.02. The standard InChI is InChI=1S/C20H26N2O4/c21-20-17(19(25)18(24)16(13-23)26-20)22(11-14-7-3-1-4-8-14)12-15-9-5-2-6-10-15/h1-10,16-20,23-25H,11-13,21H2/t16-,17+,18-,19-,20?/m1/s1. The Labute approximate surface area is 153 Å². The van der Waals surface area contributed by atoms with E-state index in [9.17, 15) is 15.3 Å². The number of aliphatic hydroxyl groups excluding tert-OH is 3. The molecule has 1 unspecified atom stereocenters. The van der Waals surface area contributed by atoms with Gasteiger partial charge in [-0.2, -0.15) is 0 Å². The molecule has 5 N–H and O–H groups in total. The highest BCUT2D eigenvalue weighted by atomic mass is 16.5. The Hall–Kier alpha value is -1.80. The number of nitrogens with zero attached hydrogens (tertiary/aromatic N) is 1.